The summed E-state index contributed by atoms with van der Waals surface area (Å²) in [6.45, 7) is 3.66. The van der Waals surface area contributed by atoms with Gasteiger partial charge in [-0.15, -0.1) is 0 Å². The summed E-state index contributed by atoms with van der Waals surface area (Å²) in [6.07, 6.45) is 2.03. The van der Waals surface area contributed by atoms with Crippen molar-refractivity contribution in [2.75, 3.05) is 19.6 Å². The van der Waals surface area contributed by atoms with Crippen LogP contribution in [0.5, 0.6) is 0 Å². The molecular formula is C5H8N2. The molecule has 2 aliphatic rings. The summed E-state index contributed by atoms with van der Waals surface area (Å²) < 4.78 is 0. The number of hydrogen-bond donors (Lipinski definition) is 0. The Kier molecular flexibility index (Phi) is 0.551. The third kappa shape index (κ3) is 0.465. The Bertz CT molecular complexity index is 105. The maximum Gasteiger partial charge on any atom is 0.0644 e. The van der Waals surface area contributed by atoms with Gasteiger partial charge in [0.05, 0.1) is 12.6 Å². The molecule has 0 aliphatic carbocycles. The molecule has 0 aromatic heterocycles. The number of aliphatic imine (C=N–C) groups is 1. The molecule has 2 heteroatoms. The van der Waals surface area contributed by atoms with Gasteiger partial charge in [0.25, 0.3) is 0 Å². The van der Waals surface area contributed by atoms with Crippen molar-refractivity contribution in [3.8, 4) is 0 Å². The van der Waals surface area contributed by atoms with Gasteiger partial charge in [0.15, 0.2) is 0 Å². The summed E-state index contributed by atoms with van der Waals surface area (Å²) in [7, 11) is 0. The zero-order valence-corrected chi connectivity index (χ0v) is 4.17. The third-order valence-corrected chi connectivity index (χ3v) is 1.52. The molecule has 0 bridgehead atoms. The lowest BCUT2D eigenvalue weighted by Gasteiger charge is -2.16. The Morgan fingerprint density at radius 1 is 1.57 bits per heavy atom. The molecule has 2 rings (SSSR count). The fourth-order valence-electron chi connectivity index (χ4n) is 0.799. The van der Waals surface area contributed by atoms with E-state index in [1.54, 1.807) is 0 Å². The van der Waals surface area contributed by atoms with Gasteiger partial charge in [0.2, 0.25) is 0 Å². The lowest BCUT2D eigenvalue weighted by molar-refractivity contribution is 0.481. The fourth-order valence-corrected chi connectivity index (χ4v) is 0.799. The maximum absolute atomic E-state index is 3.99. The molecule has 0 amide bonds. The molecule has 0 aromatic carbocycles. The number of rotatable bonds is 1. The second kappa shape index (κ2) is 1.07. The summed E-state index contributed by atoms with van der Waals surface area (Å²) in [6, 6.07) is 0.736. The second-order valence-corrected chi connectivity index (χ2v) is 2.12. The standard InChI is InChI=1S/C5H8N2/c1-2-7(1)5-3-6-4-5/h3,5H,1-2,4H2. The predicted molar refractivity (Wildman–Crippen MR) is 28.7 cm³/mol. The van der Waals surface area contributed by atoms with Gasteiger partial charge in [-0.05, 0) is 0 Å². The van der Waals surface area contributed by atoms with Crippen molar-refractivity contribution < 1.29 is 0 Å². The minimum atomic E-state index is 0.736. The normalized spacial score (nSPS) is 38.0. The van der Waals surface area contributed by atoms with E-state index in [2.05, 4.69) is 9.89 Å². The highest BCUT2D eigenvalue weighted by atomic mass is 15.3. The molecule has 2 nitrogen and oxygen atoms in total. The minimum absolute atomic E-state index is 0.736. The van der Waals surface area contributed by atoms with Crippen molar-refractivity contribution in [3.05, 3.63) is 0 Å². The van der Waals surface area contributed by atoms with Crippen molar-refractivity contribution in [3.63, 3.8) is 0 Å². The topological polar surface area (TPSA) is 15.4 Å². The molecule has 1 unspecified atom stereocenters. The molecule has 2 heterocycles. The van der Waals surface area contributed by atoms with E-state index in [1.165, 1.54) is 13.1 Å². The van der Waals surface area contributed by atoms with Gasteiger partial charge in [-0.25, -0.2) is 0 Å². The van der Waals surface area contributed by atoms with E-state index >= 15 is 0 Å². The lowest BCUT2D eigenvalue weighted by atomic mass is 10.2. The van der Waals surface area contributed by atoms with E-state index in [4.69, 9.17) is 0 Å². The Hall–Kier alpha value is -0.370. The van der Waals surface area contributed by atoms with Crippen molar-refractivity contribution in [2.24, 2.45) is 4.99 Å². The first-order valence-corrected chi connectivity index (χ1v) is 2.71. The first-order chi connectivity index (χ1) is 3.47. The van der Waals surface area contributed by atoms with Crippen LogP contribution >= 0.6 is 0 Å². The highest BCUT2D eigenvalue weighted by Crippen LogP contribution is 2.12. The molecule has 0 aromatic rings. The molecule has 7 heavy (non-hydrogen) atoms. The van der Waals surface area contributed by atoms with Gasteiger partial charge in [-0.1, -0.05) is 0 Å². The van der Waals surface area contributed by atoms with Crippen LogP contribution in [0, 0.1) is 0 Å². The Morgan fingerprint density at radius 2 is 2.29 bits per heavy atom. The molecule has 1 atom stereocenters. The van der Waals surface area contributed by atoms with E-state index < -0.39 is 0 Å². The van der Waals surface area contributed by atoms with Crippen molar-refractivity contribution >= 4 is 6.21 Å². The number of nitrogens with zero attached hydrogens (tertiary/aromatic N) is 2. The quantitative estimate of drug-likeness (QED) is 0.411. The van der Waals surface area contributed by atoms with Crippen LogP contribution in [-0.2, 0) is 0 Å². The van der Waals surface area contributed by atoms with Crippen LogP contribution < -0.4 is 0 Å². The molecule has 0 spiro atoms. The largest absolute Gasteiger partial charge is 0.294 e. The minimum Gasteiger partial charge on any atom is -0.294 e. The zero-order valence-electron chi connectivity index (χ0n) is 4.17. The van der Waals surface area contributed by atoms with Crippen LogP contribution in [0.1, 0.15) is 0 Å². The summed E-state index contributed by atoms with van der Waals surface area (Å²) in [5.41, 5.74) is 0. The monoisotopic (exact) mass is 96.1 g/mol. The molecular weight excluding hydrogens is 88.1 g/mol. The van der Waals surface area contributed by atoms with E-state index in [1.807, 2.05) is 6.21 Å². The van der Waals surface area contributed by atoms with E-state index in [0.717, 1.165) is 12.6 Å². The average molecular weight is 96.1 g/mol. The van der Waals surface area contributed by atoms with E-state index in [-0.39, 0.29) is 0 Å². The van der Waals surface area contributed by atoms with Crippen LogP contribution in [0.25, 0.3) is 0 Å². The maximum atomic E-state index is 3.99. The van der Waals surface area contributed by atoms with Crippen LogP contribution in [0.4, 0.5) is 0 Å². The summed E-state index contributed by atoms with van der Waals surface area (Å²) in [5.74, 6) is 0. The summed E-state index contributed by atoms with van der Waals surface area (Å²) in [4.78, 5) is 6.40. The third-order valence-electron chi connectivity index (χ3n) is 1.52. The summed E-state index contributed by atoms with van der Waals surface area (Å²) >= 11 is 0. The van der Waals surface area contributed by atoms with Gasteiger partial charge in [-0.3, -0.25) is 9.89 Å². The highest BCUT2D eigenvalue weighted by molar-refractivity contribution is 5.70. The van der Waals surface area contributed by atoms with Gasteiger partial charge < -0.3 is 0 Å². The Labute approximate surface area is 42.8 Å². The van der Waals surface area contributed by atoms with Crippen molar-refractivity contribution in [2.45, 2.75) is 6.04 Å². The van der Waals surface area contributed by atoms with Crippen LogP contribution in [-0.4, -0.2) is 36.8 Å². The smallest absolute Gasteiger partial charge is 0.0644 e. The summed E-state index contributed by atoms with van der Waals surface area (Å²) in [5, 5.41) is 0. The Morgan fingerprint density at radius 3 is 2.43 bits per heavy atom. The molecule has 38 valence electrons. The molecule has 1 saturated heterocycles. The lowest BCUT2D eigenvalue weighted by Crippen LogP contribution is -2.30. The van der Waals surface area contributed by atoms with Crippen molar-refractivity contribution in [1.29, 1.82) is 0 Å². The molecule has 1 fully saturated rings. The highest BCUT2D eigenvalue weighted by Gasteiger charge is 2.28. The van der Waals surface area contributed by atoms with Crippen molar-refractivity contribution in [1.82, 2.24) is 4.90 Å². The van der Waals surface area contributed by atoms with E-state index in [0.29, 0.717) is 0 Å². The van der Waals surface area contributed by atoms with Crippen LogP contribution in [0.15, 0.2) is 4.99 Å². The fraction of sp³-hybridized carbons (Fsp3) is 0.800. The van der Waals surface area contributed by atoms with E-state index in [9.17, 15) is 0 Å². The Balaban J connectivity index is 1.96. The average Bonchev–Trinajstić information content (AvgIpc) is 2.10. The molecule has 2 aliphatic heterocycles. The predicted octanol–water partition coefficient (Wildman–Crippen LogP) is -0.245. The van der Waals surface area contributed by atoms with Crippen LogP contribution in [0.3, 0.4) is 0 Å². The first kappa shape index (κ1) is 3.61. The van der Waals surface area contributed by atoms with Gasteiger partial charge in [0, 0.05) is 19.3 Å². The van der Waals surface area contributed by atoms with Gasteiger partial charge >= 0.3 is 0 Å². The SMILES string of the molecule is C1=NCC1N1CC1. The van der Waals surface area contributed by atoms with Gasteiger partial charge in [-0.2, -0.15) is 0 Å². The molecule has 0 saturated carbocycles. The number of hydrogen-bond acceptors (Lipinski definition) is 2. The molecule has 0 N–H and O–H groups in total. The van der Waals surface area contributed by atoms with Gasteiger partial charge in [0.1, 0.15) is 0 Å². The second-order valence-electron chi connectivity index (χ2n) is 2.12. The van der Waals surface area contributed by atoms with Crippen LogP contribution in [0.2, 0.25) is 0 Å². The zero-order chi connectivity index (χ0) is 4.69. The molecule has 0 radical (unpaired) electrons. The first-order valence-electron chi connectivity index (χ1n) is 2.71.